The van der Waals surface area contributed by atoms with Crippen molar-refractivity contribution < 1.29 is 19.7 Å². The number of hydrogen-bond donors (Lipinski definition) is 2. The highest BCUT2D eigenvalue weighted by Crippen LogP contribution is 2.18. The van der Waals surface area contributed by atoms with E-state index in [-0.39, 0.29) is 13.2 Å². The second kappa shape index (κ2) is 20.6. The van der Waals surface area contributed by atoms with Gasteiger partial charge in [-0.05, 0) is 12.8 Å². The first-order valence-corrected chi connectivity index (χ1v) is 11.6. The Hall–Kier alpha value is -0.160. The highest BCUT2D eigenvalue weighted by atomic mass is 16.5. The second-order valence-corrected chi connectivity index (χ2v) is 8.16. The van der Waals surface area contributed by atoms with E-state index in [2.05, 4.69) is 13.8 Å². The predicted molar refractivity (Wildman–Crippen MR) is 114 cm³/mol. The maximum absolute atomic E-state index is 9.70. The quantitative estimate of drug-likeness (QED) is 0.241. The molecule has 0 aliphatic heterocycles. The molecule has 0 spiro atoms. The minimum atomic E-state index is -0.664. The molecule has 4 nitrogen and oxygen atoms in total. The normalized spacial score (nSPS) is 12.0. The third-order valence-electron chi connectivity index (χ3n) is 5.27. The molecule has 0 saturated carbocycles. The molecule has 27 heavy (non-hydrogen) atoms. The Morgan fingerprint density at radius 1 is 0.519 bits per heavy atom. The Morgan fingerprint density at radius 3 is 1.19 bits per heavy atom. The molecule has 0 atom stereocenters. The zero-order valence-corrected chi connectivity index (χ0v) is 18.4. The molecule has 4 heteroatoms. The summed E-state index contributed by atoms with van der Waals surface area (Å²) in [5.41, 5.74) is -0.664. The first kappa shape index (κ1) is 26.8. The van der Waals surface area contributed by atoms with Crippen LogP contribution in [-0.4, -0.2) is 49.9 Å². The van der Waals surface area contributed by atoms with Gasteiger partial charge in [0.25, 0.3) is 0 Å². The van der Waals surface area contributed by atoms with Gasteiger partial charge >= 0.3 is 0 Å². The topological polar surface area (TPSA) is 58.9 Å². The lowest BCUT2D eigenvalue weighted by Gasteiger charge is -2.29. The Balaban J connectivity index is 3.67. The molecule has 0 heterocycles. The van der Waals surface area contributed by atoms with Crippen molar-refractivity contribution in [3.63, 3.8) is 0 Å². The van der Waals surface area contributed by atoms with Crippen molar-refractivity contribution in [2.75, 3.05) is 39.6 Å². The zero-order valence-electron chi connectivity index (χ0n) is 18.4. The van der Waals surface area contributed by atoms with Crippen LogP contribution in [0.4, 0.5) is 0 Å². The summed E-state index contributed by atoms with van der Waals surface area (Å²) < 4.78 is 11.5. The van der Waals surface area contributed by atoms with Crippen molar-refractivity contribution in [1.29, 1.82) is 0 Å². The molecule has 164 valence electrons. The fraction of sp³-hybridized carbons (Fsp3) is 1.00. The van der Waals surface area contributed by atoms with Gasteiger partial charge in [-0.15, -0.1) is 0 Å². The van der Waals surface area contributed by atoms with Crippen LogP contribution in [0.1, 0.15) is 104 Å². The van der Waals surface area contributed by atoms with Gasteiger partial charge in [-0.3, -0.25) is 0 Å². The summed E-state index contributed by atoms with van der Waals surface area (Å²) in [5.74, 6) is 0. The summed E-state index contributed by atoms with van der Waals surface area (Å²) in [6.45, 7) is 6.41. The molecule has 0 aromatic rings. The molecular formula is C23H48O4. The summed E-state index contributed by atoms with van der Waals surface area (Å²) >= 11 is 0. The molecule has 0 radical (unpaired) electrons. The van der Waals surface area contributed by atoms with E-state index in [9.17, 15) is 10.2 Å². The third-order valence-corrected chi connectivity index (χ3v) is 5.27. The fourth-order valence-electron chi connectivity index (χ4n) is 3.17. The Morgan fingerprint density at radius 2 is 0.852 bits per heavy atom. The molecular weight excluding hydrogens is 340 g/mol. The number of unbranched alkanes of at least 4 members (excludes halogenated alkanes) is 12. The van der Waals surface area contributed by atoms with Gasteiger partial charge in [0.15, 0.2) is 0 Å². The van der Waals surface area contributed by atoms with Gasteiger partial charge in [0, 0.05) is 13.2 Å². The van der Waals surface area contributed by atoms with E-state index in [1.807, 2.05) is 0 Å². The molecule has 0 aromatic heterocycles. The van der Waals surface area contributed by atoms with Crippen LogP contribution in [0.5, 0.6) is 0 Å². The maximum Gasteiger partial charge on any atom is 0.0632 e. The lowest BCUT2D eigenvalue weighted by atomic mass is 9.92. The Kier molecular flexibility index (Phi) is 20.4. The highest BCUT2D eigenvalue weighted by molar-refractivity contribution is 4.77. The first-order valence-electron chi connectivity index (χ1n) is 11.6. The van der Waals surface area contributed by atoms with Crippen LogP contribution in [0.25, 0.3) is 0 Å². The number of hydrogen-bond acceptors (Lipinski definition) is 4. The summed E-state index contributed by atoms with van der Waals surface area (Å²) in [6.07, 6.45) is 17.6. The molecule has 0 aliphatic carbocycles. The van der Waals surface area contributed by atoms with Crippen molar-refractivity contribution in [3.05, 3.63) is 0 Å². The summed E-state index contributed by atoms with van der Waals surface area (Å²) in [6, 6.07) is 0. The van der Waals surface area contributed by atoms with Crippen molar-refractivity contribution in [1.82, 2.24) is 0 Å². The van der Waals surface area contributed by atoms with Crippen LogP contribution >= 0.6 is 0 Å². The van der Waals surface area contributed by atoms with Crippen LogP contribution < -0.4 is 0 Å². The van der Waals surface area contributed by atoms with E-state index in [0.717, 1.165) is 12.8 Å². The van der Waals surface area contributed by atoms with Crippen LogP contribution in [0.2, 0.25) is 0 Å². The van der Waals surface area contributed by atoms with Crippen molar-refractivity contribution in [2.45, 2.75) is 104 Å². The van der Waals surface area contributed by atoms with Crippen LogP contribution in [0, 0.1) is 5.41 Å². The number of rotatable bonds is 22. The summed E-state index contributed by atoms with van der Waals surface area (Å²) in [5, 5.41) is 19.4. The van der Waals surface area contributed by atoms with Gasteiger partial charge in [-0.2, -0.15) is 0 Å². The van der Waals surface area contributed by atoms with Crippen molar-refractivity contribution in [2.24, 2.45) is 5.41 Å². The predicted octanol–water partition coefficient (Wildman–Crippen LogP) is 5.49. The van der Waals surface area contributed by atoms with Crippen LogP contribution in [-0.2, 0) is 9.47 Å². The molecule has 2 N–H and O–H groups in total. The Bertz CT molecular complexity index is 256. The van der Waals surface area contributed by atoms with Gasteiger partial charge in [-0.1, -0.05) is 90.9 Å². The maximum atomic E-state index is 9.70. The van der Waals surface area contributed by atoms with E-state index in [1.54, 1.807) is 0 Å². The minimum absolute atomic E-state index is 0.0997. The summed E-state index contributed by atoms with van der Waals surface area (Å²) in [4.78, 5) is 0. The van der Waals surface area contributed by atoms with Crippen molar-refractivity contribution in [3.8, 4) is 0 Å². The first-order chi connectivity index (χ1) is 13.2. The highest BCUT2D eigenvalue weighted by Gasteiger charge is 2.29. The molecule has 0 amide bonds. The molecule has 0 rings (SSSR count). The lowest BCUT2D eigenvalue weighted by molar-refractivity contribution is -0.0776. The molecule has 0 bridgehead atoms. The number of ether oxygens (including phenoxy) is 2. The minimum Gasteiger partial charge on any atom is -0.396 e. The van der Waals surface area contributed by atoms with E-state index in [1.165, 1.54) is 77.0 Å². The third kappa shape index (κ3) is 16.5. The van der Waals surface area contributed by atoms with Crippen LogP contribution in [0.15, 0.2) is 0 Å². The van der Waals surface area contributed by atoms with Gasteiger partial charge < -0.3 is 19.7 Å². The second-order valence-electron chi connectivity index (χ2n) is 8.16. The average molecular weight is 389 g/mol. The SMILES string of the molecule is CCCCCCCCCOCC(CO)(CO)COCCCCCCCCC. The van der Waals surface area contributed by atoms with E-state index in [4.69, 9.17) is 9.47 Å². The number of aliphatic hydroxyl groups is 2. The Labute approximate surface area is 169 Å². The van der Waals surface area contributed by atoms with Gasteiger partial charge in [0.2, 0.25) is 0 Å². The fourth-order valence-corrected chi connectivity index (χ4v) is 3.17. The van der Waals surface area contributed by atoms with Crippen molar-refractivity contribution >= 4 is 0 Å². The molecule has 0 aliphatic rings. The number of aliphatic hydroxyl groups excluding tert-OH is 2. The van der Waals surface area contributed by atoms with E-state index in [0.29, 0.717) is 26.4 Å². The van der Waals surface area contributed by atoms with E-state index >= 15 is 0 Å². The monoisotopic (exact) mass is 388 g/mol. The largest absolute Gasteiger partial charge is 0.396 e. The van der Waals surface area contributed by atoms with E-state index < -0.39 is 5.41 Å². The van der Waals surface area contributed by atoms with Gasteiger partial charge in [0.1, 0.15) is 0 Å². The lowest BCUT2D eigenvalue weighted by Crippen LogP contribution is -2.40. The molecule has 0 aromatic carbocycles. The summed E-state index contributed by atoms with van der Waals surface area (Å²) in [7, 11) is 0. The molecule has 0 saturated heterocycles. The zero-order chi connectivity index (χ0) is 20.1. The average Bonchev–Trinajstić information content (AvgIpc) is 2.70. The molecule has 0 fully saturated rings. The van der Waals surface area contributed by atoms with Gasteiger partial charge in [-0.25, -0.2) is 0 Å². The molecule has 0 unspecified atom stereocenters. The standard InChI is InChI=1S/C23H48O4/c1-3-5-7-9-11-13-15-17-26-21-23(19-24,20-25)22-27-18-16-14-12-10-8-6-4-2/h24-25H,3-22H2,1-2H3. The van der Waals surface area contributed by atoms with Crippen LogP contribution in [0.3, 0.4) is 0 Å². The van der Waals surface area contributed by atoms with Gasteiger partial charge in [0.05, 0.1) is 31.8 Å². The smallest absolute Gasteiger partial charge is 0.0632 e.